The van der Waals surface area contributed by atoms with Gasteiger partial charge in [-0.05, 0) is 11.3 Å². The molecule has 1 saturated heterocycles. The number of nitrogens with zero attached hydrogens (tertiary/aromatic N) is 1. The van der Waals surface area contributed by atoms with Crippen molar-refractivity contribution in [3.63, 3.8) is 0 Å². The second-order valence-corrected chi connectivity index (χ2v) is 6.65. The Morgan fingerprint density at radius 2 is 2.10 bits per heavy atom. The van der Waals surface area contributed by atoms with E-state index in [4.69, 9.17) is 0 Å². The molecular formula is C15H19NO3S2. The lowest BCUT2D eigenvalue weighted by Crippen LogP contribution is -2.47. The predicted molar refractivity (Wildman–Crippen MR) is 87.8 cm³/mol. The summed E-state index contributed by atoms with van der Waals surface area (Å²) in [4.78, 5) is 25.2. The van der Waals surface area contributed by atoms with Crippen molar-refractivity contribution in [1.29, 1.82) is 0 Å². The van der Waals surface area contributed by atoms with Crippen molar-refractivity contribution >= 4 is 36.3 Å². The molecular weight excluding hydrogens is 306 g/mol. The summed E-state index contributed by atoms with van der Waals surface area (Å²) in [5.41, 5.74) is 1.12. The number of rotatable bonds is 5. The highest BCUT2D eigenvalue weighted by Crippen LogP contribution is 2.39. The number of thiol groups is 1. The Bertz CT molecular complexity index is 509. The number of amides is 1. The van der Waals surface area contributed by atoms with Crippen molar-refractivity contribution in [3.8, 4) is 0 Å². The average Bonchev–Trinajstić information content (AvgIpc) is 2.92. The van der Waals surface area contributed by atoms with E-state index in [1.54, 1.807) is 16.7 Å². The van der Waals surface area contributed by atoms with Crippen LogP contribution in [0.25, 0.3) is 0 Å². The summed E-state index contributed by atoms with van der Waals surface area (Å²) in [6.07, 6.45) is 0.269. The zero-order chi connectivity index (χ0) is 15.4. The summed E-state index contributed by atoms with van der Waals surface area (Å²) in [6, 6.07) is 9.15. The molecule has 0 saturated carbocycles. The minimum absolute atomic E-state index is 0.0874. The van der Waals surface area contributed by atoms with Gasteiger partial charge in [0, 0.05) is 18.1 Å². The number of carbonyl (C=O) groups excluding carboxylic acids is 1. The van der Waals surface area contributed by atoms with Crippen molar-refractivity contribution in [2.24, 2.45) is 0 Å². The molecule has 1 aliphatic heterocycles. The maximum atomic E-state index is 12.3. The van der Waals surface area contributed by atoms with Gasteiger partial charge in [0.05, 0.1) is 5.37 Å². The third kappa shape index (κ3) is 3.55. The molecule has 6 heteroatoms. The van der Waals surface area contributed by atoms with Gasteiger partial charge in [0.1, 0.15) is 6.04 Å². The van der Waals surface area contributed by atoms with Crippen molar-refractivity contribution in [2.45, 2.75) is 30.7 Å². The standard InChI is InChI=1S/C15H19NO3S2/c1-10(11-5-3-2-4-6-11)14-16(13(17)7-8-20)12(9-21-14)15(18)19/h2-6,10,12,14,20H,7-9H2,1H3,(H,18,19). The fraction of sp³-hybridized carbons (Fsp3) is 0.467. The molecule has 0 aromatic heterocycles. The highest BCUT2D eigenvalue weighted by Gasteiger charge is 2.43. The van der Waals surface area contributed by atoms with Crippen LogP contribution in [0.2, 0.25) is 0 Å². The second kappa shape index (κ2) is 7.22. The molecule has 3 atom stereocenters. The summed E-state index contributed by atoms with van der Waals surface area (Å²) in [5.74, 6) is -0.105. The summed E-state index contributed by atoms with van der Waals surface area (Å²) >= 11 is 5.63. The Morgan fingerprint density at radius 3 is 2.67 bits per heavy atom. The average molecular weight is 325 g/mol. The van der Waals surface area contributed by atoms with E-state index in [1.807, 2.05) is 37.3 Å². The molecule has 2 rings (SSSR count). The van der Waals surface area contributed by atoms with Crippen LogP contribution in [0, 0.1) is 0 Å². The Morgan fingerprint density at radius 1 is 1.43 bits per heavy atom. The van der Waals surface area contributed by atoms with Gasteiger partial charge < -0.3 is 10.0 Å². The van der Waals surface area contributed by atoms with Crippen LogP contribution in [0.3, 0.4) is 0 Å². The molecule has 3 unspecified atom stereocenters. The van der Waals surface area contributed by atoms with Crippen molar-refractivity contribution < 1.29 is 14.7 Å². The van der Waals surface area contributed by atoms with Crippen LogP contribution in [0.1, 0.15) is 24.8 Å². The van der Waals surface area contributed by atoms with E-state index in [9.17, 15) is 14.7 Å². The van der Waals surface area contributed by atoms with Crippen molar-refractivity contribution in [1.82, 2.24) is 4.90 Å². The van der Waals surface area contributed by atoms with Crippen LogP contribution in [0.15, 0.2) is 30.3 Å². The highest BCUT2D eigenvalue weighted by molar-refractivity contribution is 8.00. The van der Waals surface area contributed by atoms with Crippen molar-refractivity contribution in [3.05, 3.63) is 35.9 Å². The van der Waals surface area contributed by atoms with Crippen LogP contribution >= 0.6 is 24.4 Å². The molecule has 0 radical (unpaired) electrons. The number of carboxylic acid groups (broad SMARTS) is 1. The third-order valence-electron chi connectivity index (χ3n) is 3.69. The van der Waals surface area contributed by atoms with Gasteiger partial charge in [0.25, 0.3) is 0 Å². The van der Waals surface area contributed by atoms with Crippen LogP contribution in [-0.4, -0.2) is 44.8 Å². The summed E-state index contributed by atoms with van der Waals surface area (Å²) < 4.78 is 0. The van der Waals surface area contributed by atoms with Crippen LogP contribution in [0.5, 0.6) is 0 Å². The molecule has 114 valence electrons. The first-order valence-corrected chi connectivity index (χ1v) is 8.55. The lowest BCUT2D eigenvalue weighted by atomic mass is 9.99. The van der Waals surface area contributed by atoms with Crippen LogP contribution in [-0.2, 0) is 9.59 Å². The zero-order valence-corrected chi connectivity index (χ0v) is 13.5. The molecule has 1 aromatic rings. The van der Waals surface area contributed by atoms with E-state index in [-0.39, 0.29) is 23.6 Å². The molecule has 1 N–H and O–H groups in total. The first-order chi connectivity index (χ1) is 10.1. The van der Waals surface area contributed by atoms with Gasteiger partial charge in [-0.15, -0.1) is 11.8 Å². The van der Waals surface area contributed by atoms with E-state index >= 15 is 0 Å². The maximum Gasteiger partial charge on any atom is 0.327 e. The number of carbonyl (C=O) groups is 2. The van der Waals surface area contributed by atoms with Crippen LogP contribution in [0.4, 0.5) is 0 Å². The highest BCUT2D eigenvalue weighted by atomic mass is 32.2. The molecule has 0 bridgehead atoms. The van der Waals surface area contributed by atoms with E-state index in [2.05, 4.69) is 12.6 Å². The molecule has 1 aliphatic rings. The van der Waals surface area contributed by atoms with Gasteiger partial charge >= 0.3 is 5.97 Å². The first-order valence-electron chi connectivity index (χ1n) is 6.87. The molecule has 0 spiro atoms. The Hall–Kier alpha value is -1.14. The van der Waals surface area contributed by atoms with Gasteiger partial charge in [-0.25, -0.2) is 4.79 Å². The summed E-state index contributed by atoms with van der Waals surface area (Å²) in [6.45, 7) is 2.04. The second-order valence-electron chi connectivity index (χ2n) is 5.05. The Balaban J connectivity index is 2.24. The van der Waals surface area contributed by atoms with Gasteiger partial charge in [0.2, 0.25) is 5.91 Å². The summed E-state index contributed by atoms with van der Waals surface area (Å²) in [5, 5.41) is 9.21. The lowest BCUT2D eigenvalue weighted by molar-refractivity contribution is -0.149. The minimum Gasteiger partial charge on any atom is -0.480 e. The molecule has 1 amide bonds. The molecule has 1 heterocycles. The minimum atomic E-state index is -0.933. The quantitative estimate of drug-likeness (QED) is 0.817. The number of hydrogen-bond acceptors (Lipinski definition) is 4. The molecule has 4 nitrogen and oxygen atoms in total. The van der Waals surface area contributed by atoms with E-state index in [1.165, 1.54) is 0 Å². The smallest absolute Gasteiger partial charge is 0.327 e. The topological polar surface area (TPSA) is 57.6 Å². The Kier molecular flexibility index (Phi) is 5.58. The Labute approximate surface area is 134 Å². The van der Waals surface area contributed by atoms with Crippen molar-refractivity contribution in [2.75, 3.05) is 11.5 Å². The lowest BCUT2D eigenvalue weighted by Gasteiger charge is -2.31. The third-order valence-corrected chi connectivity index (χ3v) is 5.40. The van der Waals surface area contributed by atoms with Gasteiger partial charge in [-0.3, -0.25) is 4.79 Å². The van der Waals surface area contributed by atoms with E-state index < -0.39 is 12.0 Å². The first kappa shape index (κ1) is 16.2. The fourth-order valence-corrected chi connectivity index (χ4v) is 4.31. The number of carboxylic acids is 1. The van der Waals surface area contributed by atoms with Gasteiger partial charge in [-0.2, -0.15) is 12.6 Å². The molecule has 0 aliphatic carbocycles. The summed E-state index contributed by atoms with van der Waals surface area (Å²) in [7, 11) is 0. The number of hydrogen-bond donors (Lipinski definition) is 2. The normalized spacial score (nSPS) is 23.0. The molecule has 1 aromatic carbocycles. The number of thioether (sulfide) groups is 1. The van der Waals surface area contributed by atoms with Gasteiger partial charge in [0.15, 0.2) is 0 Å². The SMILES string of the molecule is CC(c1ccccc1)C1SCC(C(=O)O)N1C(=O)CCS. The maximum absolute atomic E-state index is 12.3. The molecule has 21 heavy (non-hydrogen) atoms. The number of benzene rings is 1. The monoisotopic (exact) mass is 325 g/mol. The largest absolute Gasteiger partial charge is 0.480 e. The predicted octanol–water partition coefficient (Wildman–Crippen LogP) is 2.46. The zero-order valence-electron chi connectivity index (χ0n) is 11.8. The molecule has 1 fully saturated rings. The van der Waals surface area contributed by atoms with E-state index in [0.717, 1.165) is 5.56 Å². The fourth-order valence-electron chi connectivity index (χ4n) is 2.56. The van der Waals surface area contributed by atoms with Gasteiger partial charge in [-0.1, -0.05) is 37.3 Å². The van der Waals surface area contributed by atoms with Crippen LogP contribution < -0.4 is 0 Å². The number of aliphatic carboxylic acids is 1. The van der Waals surface area contributed by atoms with E-state index in [0.29, 0.717) is 11.5 Å².